The predicted octanol–water partition coefficient (Wildman–Crippen LogP) is -0.293. The highest BCUT2D eigenvalue weighted by Gasteiger charge is 2.30. The molecule has 0 radical (unpaired) electrons. The lowest BCUT2D eigenvalue weighted by Gasteiger charge is -2.21. The third kappa shape index (κ3) is 4.80. The van der Waals surface area contributed by atoms with Crippen molar-refractivity contribution in [3.63, 3.8) is 0 Å². The smallest absolute Gasteiger partial charge is 0.239 e. The van der Waals surface area contributed by atoms with Crippen LogP contribution in [0.1, 0.15) is 12.0 Å². The lowest BCUT2D eigenvalue weighted by molar-refractivity contribution is -0.131. The minimum absolute atomic E-state index is 0.128. The summed E-state index contributed by atoms with van der Waals surface area (Å²) in [7, 11) is -3.24. The van der Waals surface area contributed by atoms with Crippen molar-refractivity contribution in [3.05, 3.63) is 35.9 Å². The Morgan fingerprint density at radius 3 is 2.71 bits per heavy atom. The van der Waals surface area contributed by atoms with Crippen LogP contribution in [0.25, 0.3) is 0 Å². The Bertz CT molecular complexity index is 589. The molecular formula is C14H21N3O3S. The monoisotopic (exact) mass is 311 g/mol. The minimum Gasteiger partial charge on any atom is -0.340 e. The van der Waals surface area contributed by atoms with E-state index >= 15 is 0 Å². The fourth-order valence-corrected chi connectivity index (χ4v) is 3.35. The molecule has 0 aromatic heterocycles. The second-order valence-corrected chi connectivity index (χ2v) is 7.24. The maximum atomic E-state index is 12.3. The van der Waals surface area contributed by atoms with Gasteiger partial charge in [0.15, 0.2) is 0 Å². The Hall–Kier alpha value is -1.44. The van der Waals surface area contributed by atoms with Crippen LogP contribution in [0.15, 0.2) is 30.3 Å². The van der Waals surface area contributed by atoms with E-state index in [0.29, 0.717) is 25.9 Å². The van der Waals surface area contributed by atoms with Gasteiger partial charge in [0.05, 0.1) is 12.3 Å². The van der Waals surface area contributed by atoms with Gasteiger partial charge in [-0.2, -0.15) is 0 Å². The fraction of sp³-hybridized carbons (Fsp3) is 0.500. The first-order chi connectivity index (χ1) is 9.85. The van der Waals surface area contributed by atoms with Crippen molar-refractivity contribution in [1.82, 2.24) is 9.62 Å². The zero-order valence-electron chi connectivity index (χ0n) is 12.0. The summed E-state index contributed by atoms with van der Waals surface area (Å²) < 4.78 is 24.9. The van der Waals surface area contributed by atoms with Gasteiger partial charge < -0.3 is 10.6 Å². The van der Waals surface area contributed by atoms with Crippen molar-refractivity contribution in [1.29, 1.82) is 0 Å². The molecule has 0 bridgehead atoms. The van der Waals surface area contributed by atoms with Crippen LogP contribution in [-0.2, 0) is 21.2 Å². The average molecular weight is 311 g/mol. The Kier molecular flexibility index (Phi) is 4.97. The van der Waals surface area contributed by atoms with Crippen LogP contribution in [-0.4, -0.2) is 50.7 Å². The SMILES string of the molecule is CS(=O)(=O)NC1CCN(C(=O)[C@@H](N)Cc2ccccc2)C1. The summed E-state index contributed by atoms with van der Waals surface area (Å²) in [4.78, 5) is 13.9. The summed E-state index contributed by atoms with van der Waals surface area (Å²) in [6.07, 6.45) is 2.23. The van der Waals surface area contributed by atoms with Crippen molar-refractivity contribution < 1.29 is 13.2 Å². The molecule has 116 valence electrons. The number of likely N-dealkylation sites (tertiary alicyclic amines) is 1. The number of rotatable bonds is 5. The van der Waals surface area contributed by atoms with Gasteiger partial charge in [0.1, 0.15) is 0 Å². The van der Waals surface area contributed by atoms with Gasteiger partial charge in [0, 0.05) is 19.1 Å². The van der Waals surface area contributed by atoms with Gasteiger partial charge in [-0.05, 0) is 18.4 Å². The first-order valence-corrected chi connectivity index (χ1v) is 8.80. The topological polar surface area (TPSA) is 92.5 Å². The summed E-state index contributed by atoms with van der Waals surface area (Å²) in [6.45, 7) is 0.920. The first kappa shape index (κ1) is 15.9. The Morgan fingerprint density at radius 1 is 1.43 bits per heavy atom. The molecule has 21 heavy (non-hydrogen) atoms. The number of amides is 1. The Morgan fingerprint density at radius 2 is 2.10 bits per heavy atom. The number of nitrogens with zero attached hydrogens (tertiary/aromatic N) is 1. The Labute approximate surface area is 125 Å². The number of benzene rings is 1. The molecule has 2 atom stereocenters. The molecule has 1 aromatic carbocycles. The maximum Gasteiger partial charge on any atom is 0.239 e. The van der Waals surface area contributed by atoms with Gasteiger partial charge in [-0.3, -0.25) is 4.79 Å². The quantitative estimate of drug-likeness (QED) is 0.781. The van der Waals surface area contributed by atoms with E-state index in [0.717, 1.165) is 11.8 Å². The molecule has 3 N–H and O–H groups in total. The second-order valence-electron chi connectivity index (χ2n) is 5.46. The summed E-state index contributed by atoms with van der Waals surface area (Å²) >= 11 is 0. The number of hydrogen-bond donors (Lipinski definition) is 2. The van der Waals surface area contributed by atoms with Crippen LogP contribution in [0.2, 0.25) is 0 Å². The minimum atomic E-state index is -3.24. The zero-order valence-corrected chi connectivity index (χ0v) is 12.8. The normalized spacial score (nSPS) is 20.5. The zero-order chi connectivity index (χ0) is 15.5. The molecule has 0 saturated carbocycles. The van der Waals surface area contributed by atoms with E-state index in [1.165, 1.54) is 0 Å². The van der Waals surface area contributed by atoms with Crippen molar-refractivity contribution in [2.45, 2.75) is 24.9 Å². The van der Waals surface area contributed by atoms with Crippen LogP contribution >= 0.6 is 0 Å². The Balaban J connectivity index is 1.89. The molecule has 0 spiro atoms. The van der Waals surface area contributed by atoms with Crippen molar-refractivity contribution >= 4 is 15.9 Å². The highest BCUT2D eigenvalue weighted by molar-refractivity contribution is 7.88. The third-order valence-electron chi connectivity index (χ3n) is 3.50. The lowest BCUT2D eigenvalue weighted by atomic mass is 10.1. The fourth-order valence-electron chi connectivity index (χ4n) is 2.55. The molecule has 1 aliphatic rings. The molecule has 1 heterocycles. The molecule has 2 rings (SSSR count). The molecule has 1 fully saturated rings. The summed E-state index contributed by atoms with van der Waals surface area (Å²) in [5, 5.41) is 0. The molecule has 1 amide bonds. The number of carbonyl (C=O) groups excluding carboxylic acids is 1. The van der Waals surface area contributed by atoms with E-state index < -0.39 is 16.1 Å². The van der Waals surface area contributed by atoms with E-state index in [9.17, 15) is 13.2 Å². The molecule has 1 aromatic rings. The highest BCUT2D eigenvalue weighted by Crippen LogP contribution is 2.12. The van der Waals surface area contributed by atoms with Gasteiger partial charge in [0.2, 0.25) is 15.9 Å². The number of hydrogen-bond acceptors (Lipinski definition) is 4. The average Bonchev–Trinajstić information content (AvgIpc) is 2.85. The van der Waals surface area contributed by atoms with Crippen molar-refractivity contribution in [3.8, 4) is 0 Å². The molecule has 7 heteroatoms. The van der Waals surface area contributed by atoms with Crippen LogP contribution in [0.3, 0.4) is 0 Å². The van der Waals surface area contributed by atoms with Gasteiger partial charge in [-0.15, -0.1) is 0 Å². The summed E-state index contributed by atoms with van der Waals surface area (Å²) in [5.41, 5.74) is 6.99. The standard InChI is InChI=1S/C14H21N3O3S/c1-21(19,20)16-12-7-8-17(10-12)14(18)13(15)9-11-5-3-2-4-6-11/h2-6,12-13,16H,7-10,15H2,1H3/t12?,13-/m0/s1. The van der Waals surface area contributed by atoms with E-state index in [4.69, 9.17) is 5.73 Å². The third-order valence-corrected chi connectivity index (χ3v) is 4.26. The molecule has 0 aliphatic carbocycles. The number of sulfonamides is 1. The van der Waals surface area contributed by atoms with Crippen molar-refractivity contribution in [2.75, 3.05) is 19.3 Å². The molecule has 1 unspecified atom stereocenters. The van der Waals surface area contributed by atoms with Gasteiger partial charge in [0.25, 0.3) is 0 Å². The number of carbonyl (C=O) groups is 1. The van der Waals surface area contributed by atoms with Crippen LogP contribution in [0.4, 0.5) is 0 Å². The van der Waals surface area contributed by atoms with Gasteiger partial charge >= 0.3 is 0 Å². The molecule has 1 saturated heterocycles. The lowest BCUT2D eigenvalue weighted by Crippen LogP contribution is -2.45. The van der Waals surface area contributed by atoms with E-state index in [2.05, 4.69) is 4.72 Å². The van der Waals surface area contributed by atoms with E-state index in [1.807, 2.05) is 30.3 Å². The summed E-state index contributed by atoms with van der Waals surface area (Å²) in [5.74, 6) is -0.128. The highest BCUT2D eigenvalue weighted by atomic mass is 32.2. The maximum absolute atomic E-state index is 12.3. The summed E-state index contributed by atoms with van der Waals surface area (Å²) in [6, 6.07) is 8.80. The number of nitrogens with one attached hydrogen (secondary N) is 1. The molecular weight excluding hydrogens is 290 g/mol. The molecule has 1 aliphatic heterocycles. The van der Waals surface area contributed by atoms with E-state index in [1.54, 1.807) is 4.90 Å². The van der Waals surface area contributed by atoms with Crippen molar-refractivity contribution in [2.24, 2.45) is 5.73 Å². The largest absolute Gasteiger partial charge is 0.340 e. The predicted molar refractivity (Wildman–Crippen MR) is 81.1 cm³/mol. The second kappa shape index (κ2) is 6.55. The van der Waals surface area contributed by atoms with Crippen LogP contribution < -0.4 is 10.5 Å². The van der Waals surface area contributed by atoms with Crippen LogP contribution in [0.5, 0.6) is 0 Å². The van der Waals surface area contributed by atoms with Gasteiger partial charge in [-0.25, -0.2) is 13.1 Å². The number of nitrogens with two attached hydrogens (primary N) is 1. The van der Waals surface area contributed by atoms with Gasteiger partial charge in [-0.1, -0.05) is 30.3 Å². The first-order valence-electron chi connectivity index (χ1n) is 6.91. The molecule has 6 nitrogen and oxygen atoms in total. The van der Waals surface area contributed by atoms with E-state index in [-0.39, 0.29) is 11.9 Å². The van der Waals surface area contributed by atoms with Crippen LogP contribution in [0, 0.1) is 0 Å².